The average molecular weight is 310 g/mol. The molecule has 0 N–H and O–H groups in total. The summed E-state index contributed by atoms with van der Waals surface area (Å²) in [5.41, 5.74) is 0.486. The summed E-state index contributed by atoms with van der Waals surface area (Å²) in [4.78, 5) is 11.3. The van der Waals surface area contributed by atoms with E-state index >= 15 is 0 Å². The van der Waals surface area contributed by atoms with Gasteiger partial charge in [-0.25, -0.2) is 8.78 Å². The van der Waals surface area contributed by atoms with Crippen molar-refractivity contribution in [2.24, 2.45) is 0 Å². The molecular weight excluding hydrogens is 301 g/mol. The third kappa shape index (κ3) is 2.50. The molecule has 0 aliphatic heterocycles. The highest BCUT2D eigenvalue weighted by molar-refractivity contribution is 14.1. The van der Waals surface area contributed by atoms with Crippen LogP contribution in [0.2, 0.25) is 0 Å². The van der Waals surface area contributed by atoms with Gasteiger partial charge in [-0.3, -0.25) is 4.79 Å². The molecule has 0 radical (unpaired) electrons. The van der Waals surface area contributed by atoms with Gasteiger partial charge in [-0.05, 0) is 28.7 Å². The molecule has 0 unspecified atom stereocenters. The number of hydrogen-bond donors (Lipinski definition) is 0. The van der Waals surface area contributed by atoms with Crippen LogP contribution in [-0.4, -0.2) is 5.78 Å². The number of Topliss-reactive ketones (excluding diaryl/α,β-unsaturated/α-hetero) is 1. The Balaban J connectivity index is 3.06. The number of carbonyl (C=O) groups excluding carboxylic acids is 1. The lowest BCUT2D eigenvalue weighted by molar-refractivity contribution is 0.0987. The number of rotatable bonds is 3. The van der Waals surface area contributed by atoms with Crippen LogP contribution >= 0.6 is 22.6 Å². The van der Waals surface area contributed by atoms with Crippen molar-refractivity contribution in [2.75, 3.05) is 0 Å². The zero-order valence-electron chi connectivity index (χ0n) is 7.56. The van der Waals surface area contributed by atoms with Gasteiger partial charge in [0.1, 0.15) is 0 Å². The molecule has 0 spiro atoms. The number of benzene rings is 1. The van der Waals surface area contributed by atoms with Gasteiger partial charge in [0.15, 0.2) is 5.78 Å². The van der Waals surface area contributed by atoms with Crippen LogP contribution in [0, 0.1) is 3.57 Å². The van der Waals surface area contributed by atoms with Crippen LogP contribution in [0.1, 0.15) is 35.7 Å². The fraction of sp³-hybridized carbons (Fsp3) is 0.300. The summed E-state index contributed by atoms with van der Waals surface area (Å²) >= 11 is 1.82. The molecule has 0 heterocycles. The molecule has 1 rings (SSSR count). The molecule has 0 saturated carbocycles. The summed E-state index contributed by atoms with van der Waals surface area (Å²) in [6, 6.07) is 4.28. The summed E-state index contributed by atoms with van der Waals surface area (Å²) in [6.45, 7) is 1.75. The van der Waals surface area contributed by atoms with Gasteiger partial charge >= 0.3 is 0 Å². The second kappa shape index (κ2) is 4.82. The monoisotopic (exact) mass is 310 g/mol. The Morgan fingerprint density at radius 3 is 2.57 bits per heavy atom. The first-order valence-electron chi connectivity index (χ1n) is 4.17. The molecule has 1 aromatic rings. The normalized spacial score (nSPS) is 10.6. The Labute approximate surface area is 94.6 Å². The molecule has 0 aromatic heterocycles. The first kappa shape index (κ1) is 11.6. The zero-order chi connectivity index (χ0) is 10.7. The predicted octanol–water partition coefficient (Wildman–Crippen LogP) is 3.82. The molecular formula is C10H9F2IO. The Kier molecular flexibility index (Phi) is 3.97. The van der Waals surface area contributed by atoms with Crippen molar-refractivity contribution in [3.05, 3.63) is 32.9 Å². The third-order valence-electron chi connectivity index (χ3n) is 1.88. The Hall–Kier alpha value is -0.520. The van der Waals surface area contributed by atoms with E-state index in [4.69, 9.17) is 0 Å². The predicted molar refractivity (Wildman–Crippen MR) is 58.7 cm³/mol. The largest absolute Gasteiger partial charge is 0.294 e. The fourth-order valence-corrected chi connectivity index (χ4v) is 1.83. The lowest BCUT2D eigenvalue weighted by Crippen LogP contribution is -1.99. The van der Waals surface area contributed by atoms with E-state index in [0.717, 1.165) is 0 Å². The smallest absolute Gasteiger partial charge is 0.264 e. The number of alkyl halides is 2. The Bertz CT molecular complexity index is 350. The highest BCUT2D eigenvalue weighted by Gasteiger charge is 2.13. The number of hydrogen-bond acceptors (Lipinski definition) is 1. The molecule has 0 aliphatic carbocycles. The van der Waals surface area contributed by atoms with E-state index < -0.39 is 6.43 Å². The van der Waals surface area contributed by atoms with Crippen molar-refractivity contribution in [3.8, 4) is 0 Å². The molecule has 0 fully saturated rings. The van der Waals surface area contributed by atoms with Crippen LogP contribution in [0.3, 0.4) is 0 Å². The SMILES string of the molecule is CCC(=O)c1ccc(C(F)F)c(I)c1. The molecule has 0 saturated heterocycles. The maximum absolute atomic E-state index is 12.4. The van der Waals surface area contributed by atoms with Gasteiger partial charge in [0.2, 0.25) is 0 Å². The molecule has 4 heteroatoms. The van der Waals surface area contributed by atoms with E-state index in [-0.39, 0.29) is 11.3 Å². The maximum Gasteiger partial charge on any atom is 0.264 e. The topological polar surface area (TPSA) is 17.1 Å². The second-order valence-corrected chi connectivity index (χ2v) is 3.98. The summed E-state index contributed by atoms with van der Waals surface area (Å²) in [6.07, 6.45) is -2.09. The Morgan fingerprint density at radius 2 is 2.14 bits per heavy atom. The molecule has 0 aliphatic rings. The van der Waals surface area contributed by atoms with Crippen LogP contribution in [-0.2, 0) is 0 Å². The van der Waals surface area contributed by atoms with Crippen molar-refractivity contribution in [1.29, 1.82) is 0 Å². The highest BCUT2D eigenvalue weighted by Crippen LogP contribution is 2.25. The second-order valence-electron chi connectivity index (χ2n) is 2.81. The van der Waals surface area contributed by atoms with E-state index in [0.29, 0.717) is 15.6 Å². The fourth-order valence-electron chi connectivity index (χ4n) is 1.08. The van der Waals surface area contributed by atoms with Gasteiger partial charge in [-0.1, -0.05) is 19.1 Å². The number of ketones is 1. The number of carbonyl (C=O) groups is 1. The minimum Gasteiger partial charge on any atom is -0.294 e. The first-order chi connectivity index (χ1) is 6.56. The molecule has 14 heavy (non-hydrogen) atoms. The van der Waals surface area contributed by atoms with Crippen LogP contribution < -0.4 is 0 Å². The van der Waals surface area contributed by atoms with Gasteiger partial charge in [-0.2, -0.15) is 0 Å². The van der Waals surface area contributed by atoms with E-state index in [9.17, 15) is 13.6 Å². The lowest BCUT2D eigenvalue weighted by Gasteiger charge is -2.04. The van der Waals surface area contributed by atoms with Crippen LogP contribution in [0.15, 0.2) is 18.2 Å². The average Bonchev–Trinajstić information content (AvgIpc) is 2.15. The van der Waals surface area contributed by atoms with Gasteiger partial charge < -0.3 is 0 Å². The van der Waals surface area contributed by atoms with E-state index in [1.54, 1.807) is 6.92 Å². The number of halogens is 3. The lowest BCUT2D eigenvalue weighted by atomic mass is 10.1. The molecule has 76 valence electrons. The van der Waals surface area contributed by atoms with Gasteiger partial charge in [-0.15, -0.1) is 0 Å². The minimum absolute atomic E-state index is 0.0155. The summed E-state index contributed by atoms with van der Waals surface area (Å²) < 4.78 is 25.1. The van der Waals surface area contributed by atoms with Crippen molar-refractivity contribution < 1.29 is 13.6 Å². The van der Waals surface area contributed by atoms with Crippen LogP contribution in [0.4, 0.5) is 8.78 Å². The summed E-state index contributed by atoms with van der Waals surface area (Å²) in [5.74, 6) is -0.0243. The van der Waals surface area contributed by atoms with Crippen molar-refractivity contribution in [2.45, 2.75) is 19.8 Å². The van der Waals surface area contributed by atoms with Gasteiger partial charge in [0.25, 0.3) is 6.43 Å². The molecule has 0 amide bonds. The zero-order valence-corrected chi connectivity index (χ0v) is 9.72. The maximum atomic E-state index is 12.4. The molecule has 1 nitrogen and oxygen atoms in total. The summed E-state index contributed by atoms with van der Waals surface area (Å²) in [7, 11) is 0. The van der Waals surface area contributed by atoms with Crippen LogP contribution in [0.25, 0.3) is 0 Å². The van der Waals surface area contributed by atoms with Crippen molar-refractivity contribution in [3.63, 3.8) is 0 Å². The molecule has 0 atom stereocenters. The van der Waals surface area contributed by atoms with E-state index in [1.165, 1.54) is 18.2 Å². The van der Waals surface area contributed by atoms with Crippen molar-refractivity contribution >= 4 is 28.4 Å². The van der Waals surface area contributed by atoms with Gasteiger partial charge in [0, 0.05) is 21.1 Å². The van der Waals surface area contributed by atoms with Crippen molar-refractivity contribution in [1.82, 2.24) is 0 Å². The molecule has 0 bridgehead atoms. The molecule has 1 aromatic carbocycles. The van der Waals surface area contributed by atoms with Crippen LogP contribution in [0.5, 0.6) is 0 Å². The Morgan fingerprint density at radius 1 is 1.50 bits per heavy atom. The highest BCUT2D eigenvalue weighted by atomic mass is 127. The quantitative estimate of drug-likeness (QED) is 0.613. The first-order valence-corrected chi connectivity index (χ1v) is 5.25. The minimum atomic E-state index is -2.48. The van der Waals surface area contributed by atoms with E-state index in [1.807, 2.05) is 22.6 Å². The van der Waals surface area contributed by atoms with Gasteiger partial charge in [0.05, 0.1) is 0 Å². The van der Waals surface area contributed by atoms with E-state index in [2.05, 4.69) is 0 Å². The standard InChI is InChI=1S/C10H9F2IO/c1-2-9(14)6-3-4-7(10(11)12)8(13)5-6/h3-5,10H,2H2,1H3. The third-order valence-corrected chi connectivity index (χ3v) is 2.81. The summed E-state index contributed by atoms with van der Waals surface area (Å²) in [5, 5.41) is 0.